The molecule has 6 heteroatoms. The second kappa shape index (κ2) is 5.79. The number of amides is 1. The maximum absolute atomic E-state index is 12.2. The van der Waals surface area contributed by atoms with E-state index < -0.39 is 0 Å². The van der Waals surface area contributed by atoms with Crippen LogP contribution in [0.4, 0.5) is 5.69 Å². The molecule has 4 nitrogen and oxygen atoms in total. The van der Waals surface area contributed by atoms with Gasteiger partial charge in [0, 0.05) is 17.9 Å². The quantitative estimate of drug-likeness (QED) is 0.903. The van der Waals surface area contributed by atoms with Gasteiger partial charge in [-0.3, -0.25) is 4.79 Å². The number of carbonyl (C=O) groups is 1. The summed E-state index contributed by atoms with van der Waals surface area (Å²) < 4.78 is 11.5. The Hall–Kier alpha value is -1.27. The molecule has 2 heterocycles. The van der Waals surface area contributed by atoms with E-state index in [1.165, 1.54) is 11.3 Å². The lowest BCUT2D eigenvalue weighted by atomic mass is 10.3. The minimum absolute atomic E-state index is 0.192. The predicted molar refractivity (Wildman–Crippen MR) is 79.3 cm³/mol. The molecule has 0 atom stereocenters. The molecule has 0 spiro atoms. The van der Waals surface area contributed by atoms with Crippen molar-refractivity contribution in [2.24, 2.45) is 0 Å². The first-order chi connectivity index (χ1) is 9.06. The molecule has 2 rings (SSSR count). The normalized spacial score (nSPS) is 10.5. The van der Waals surface area contributed by atoms with Gasteiger partial charge in [-0.05, 0) is 22.9 Å². The van der Waals surface area contributed by atoms with Crippen LogP contribution in [-0.2, 0) is 6.42 Å². The lowest BCUT2D eigenvalue weighted by Gasteiger charge is -2.05. The van der Waals surface area contributed by atoms with Crippen molar-refractivity contribution < 1.29 is 13.9 Å². The molecule has 0 unspecified atom stereocenters. The Morgan fingerprint density at radius 2 is 2.32 bits per heavy atom. The number of thiophene rings is 1. The lowest BCUT2D eigenvalue weighted by Crippen LogP contribution is -2.11. The molecule has 0 fully saturated rings. The van der Waals surface area contributed by atoms with Crippen LogP contribution < -0.4 is 10.1 Å². The van der Waals surface area contributed by atoms with E-state index in [1.54, 1.807) is 7.11 Å². The van der Waals surface area contributed by atoms with Crippen LogP contribution in [0.1, 0.15) is 28.1 Å². The van der Waals surface area contributed by atoms with Gasteiger partial charge in [-0.25, -0.2) is 0 Å². The van der Waals surface area contributed by atoms with E-state index in [9.17, 15) is 4.79 Å². The molecule has 1 N–H and O–H groups in total. The fourth-order valence-electron chi connectivity index (χ4n) is 1.78. The first-order valence-electron chi connectivity index (χ1n) is 5.78. The van der Waals surface area contributed by atoms with Crippen molar-refractivity contribution in [2.75, 3.05) is 12.4 Å². The van der Waals surface area contributed by atoms with Gasteiger partial charge in [-0.15, -0.1) is 11.3 Å². The van der Waals surface area contributed by atoms with Gasteiger partial charge in [-0.1, -0.05) is 6.92 Å². The van der Waals surface area contributed by atoms with Gasteiger partial charge in [-0.2, -0.15) is 0 Å². The van der Waals surface area contributed by atoms with Crippen LogP contribution in [0.3, 0.4) is 0 Å². The van der Waals surface area contributed by atoms with Crippen molar-refractivity contribution in [3.05, 3.63) is 32.3 Å². The molecule has 0 saturated heterocycles. The van der Waals surface area contributed by atoms with Gasteiger partial charge in [0.2, 0.25) is 0 Å². The second-order valence-corrected chi connectivity index (χ2v) is 5.68. The molecular weight excluding hydrogens is 330 g/mol. The zero-order valence-corrected chi connectivity index (χ0v) is 13.3. The van der Waals surface area contributed by atoms with Crippen LogP contribution in [0.5, 0.6) is 5.75 Å². The monoisotopic (exact) mass is 343 g/mol. The average molecular weight is 344 g/mol. The van der Waals surface area contributed by atoms with Crippen molar-refractivity contribution >= 4 is 38.9 Å². The molecule has 2 aromatic heterocycles. The SMILES string of the molecule is CCc1oc(C)cc1NC(=O)c1scc(Br)c1OC. The fourth-order valence-corrected chi connectivity index (χ4v) is 3.34. The van der Waals surface area contributed by atoms with E-state index in [1.807, 2.05) is 25.3 Å². The minimum atomic E-state index is -0.192. The summed E-state index contributed by atoms with van der Waals surface area (Å²) in [5.74, 6) is 1.93. The summed E-state index contributed by atoms with van der Waals surface area (Å²) in [4.78, 5) is 12.8. The number of methoxy groups -OCH3 is 1. The highest BCUT2D eigenvalue weighted by atomic mass is 79.9. The minimum Gasteiger partial charge on any atom is -0.494 e. The second-order valence-electron chi connectivity index (χ2n) is 3.95. The first kappa shape index (κ1) is 14.1. The number of carbonyl (C=O) groups excluding carboxylic acids is 1. The predicted octanol–water partition coefficient (Wildman–Crippen LogP) is 4.24. The Kier molecular flexibility index (Phi) is 4.31. The maximum Gasteiger partial charge on any atom is 0.269 e. The number of rotatable bonds is 4. The molecule has 0 aliphatic carbocycles. The lowest BCUT2D eigenvalue weighted by molar-refractivity contribution is 0.102. The van der Waals surface area contributed by atoms with Crippen LogP contribution >= 0.6 is 27.3 Å². The molecule has 0 saturated carbocycles. The highest BCUT2D eigenvalue weighted by Gasteiger charge is 2.19. The van der Waals surface area contributed by atoms with Crippen molar-refractivity contribution in [1.82, 2.24) is 0 Å². The molecule has 1 amide bonds. The number of anilines is 1. The Bertz CT molecular complexity index is 603. The number of aryl methyl sites for hydroxylation is 2. The largest absolute Gasteiger partial charge is 0.494 e. The molecule has 2 aromatic rings. The summed E-state index contributed by atoms with van der Waals surface area (Å²) >= 11 is 4.68. The summed E-state index contributed by atoms with van der Waals surface area (Å²) in [5, 5.41) is 4.69. The van der Waals surface area contributed by atoms with E-state index in [2.05, 4.69) is 21.2 Å². The summed E-state index contributed by atoms with van der Waals surface area (Å²) in [6.45, 7) is 3.84. The number of hydrogen-bond donors (Lipinski definition) is 1. The standard InChI is InChI=1S/C13H14BrNO3S/c1-4-10-9(5-7(2)18-10)15-13(16)12-11(17-3)8(14)6-19-12/h5-6H,4H2,1-3H3,(H,15,16). The zero-order chi connectivity index (χ0) is 14.0. The van der Waals surface area contributed by atoms with Crippen LogP contribution in [0.25, 0.3) is 0 Å². The third-order valence-corrected chi connectivity index (χ3v) is 4.47. The Morgan fingerprint density at radius 1 is 1.58 bits per heavy atom. The summed E-state index contributed by atoms with van der Waals surface area (Å²) in [6, 6.07) is 1.83. The molecule has 0 aromatic carbocycles. The van der Waals surface area contributed by atoms with Crippen LogP contribution in [0.2, 0.25) is 0 Å². The molecule has 0 aliphatic heterocycles. The molecule has 102 valence electrons. The van der Waals surface area contributed by atoms with Gasteiger partial charge in [0.15, 0.2) is 5.75 Å². The highest BCUT2D eigenvalue weighted by molar-refractivity contribution is 9.10. The summed E-state index contributed by atoms with van der Waals surface area (Å²) in [5.41, 5.74) is 0.719. The molecule has 0 bridgehead atoms. The Balaban J connectivity index is 2.25. The summed E-state index contributed by atoms with van der Waals surface area (Å²) in [7, 11) is 1.54. The topological polar surface area (TPSA) is 51.5 Å². The van der Waals surface area contributed by atoms with Crippen molar-refractivity contribution in [1.29, 1.82) is 0 Å². The van der Waals surface area contributed by atoms with Gasteiger partial charge in [0.25, 0.3) is 5.91 Å². The van der Waals surface area contributed by atoms with Crippen LogP contribution in [0.15, 0.2) is 20.3 Å². The van der Waals surface area contributed by atoms with E-state index >= 15 is 0 Å². The van der Waals surface area contributed by atoms with Crippen molar-refractivity contribution in [2.45, 2.75) is 20.3 Å². The van der Waals surface area contributed by atoms with E-state index in [-0.39, 0.29) is 5.91 Å². The average Bonchev–Trinajstić information content (AvgIpc) is 2.92. The Labute approximate surface area is 123 Å². The number of furan rings is 1. The van der Waals surface area contributed by atoms with E-state index in [4.69, 9.17) is 9.15 Å². The number of nitrogens with one attached hydrogen (secondary N) is 1. The first-order valence-corrected chi connectivity index (χ1v) is 7.45. The molecular formula is C13H14BrNO3S. The highest BCUT2D eigenvalue weighted by Crippen LogP contribution is 2.35. The van der Waals surface area contributed by atoms with E-state index in [0.717, 1.165) is 28.1 Å². The van der Waals surface area contributed by atoms with Crippen molar-refractivity contribution in [3.8, 4) is 5.75 Å². The smallest absolute Gasteiger partial charge is 0.269 e. The Morgan fingerprint density at radius 3 is 2.95 bits per heavy atom. The van der Waals surface area contributed by atoms with Gasteiger partial charge in [0.05, 0.1) is 17.3 Å². The number of hydrogen-bond acceptors (Lipinski definition) is 4. The summed E-state index contributed by atoms with van der Waals surface area (Å²) in [6.07, 6.45) is 0.731. The number of halogens is 1. The molecule has 0 radical (unpaired) electrons. The maximum atomic E-state index is 12.2. The third kappa shape index (κ3) is 2.84. The van der Waals surface area contributed by atoms with Crippen molar-refractivity contribution in [3.63, 3.8) is 0 Å². The fraction of sp³-hybridized carbons (Fsp3) is 0.308. The van der Waals surface area contributed by atoms with Gasteiger partial charge >= 0.3 is 0 Å². The van der Waals surface area contributed by atoms with Gasteiger partial charge < -0.3 is 14.5 Å². The number of ether oxygens (including phenoxy) is 1. The molecule has 0 aliphatic rings. The zero-order valence-electron chi connectivity index (χ0n) is 10.9. The molecule has 19 heavy (non-hydrogen) atoms. The van der Waals surface area contributed by atoms with Gasteiger partial charge in [0.1, 0.15) is 16.4 Å². The van der Waals surface area contributed by atoms with Crippen LogP contribution in [0, 0.1) is 6.92 Å². The van der Waals surface area contributed by atoms with E-state index in [0.29, 0.717) is 10.6 Å². The third-order valence-electron chi connectivity index (χ3n) is 2.62. The van der Waals surface area contributed by atoms with Crippen LogP contribution in [-0.4, -0.2) is 13.0 Å².